The summed E-state index contributed by atoms with van der Waals surface area (Å²) in [7, 11) is 1.63. The van der Waals surface area contributed by atoms with Gasteiger partial charge < -0.3 is 9.15 Å². The van der Waals surface area contributed by atoms with Crippen molar-refractivity contribution in [2.75, 3.05) is 33.3 Å². The summed E-state index contributed by atoms with van der Waals surface area (Å²) in [6, 6.07) is 6.58. The molecule has 4 heterocycles. The maximum atomic E-state index is 12.6. The molecule has 1 aromatic heterocycles. The zero-order valence-corrected chi connectivity index (χ0v) is 16.1. The molecule has 6 rings (SSSR count). The van der Waals surface area contributed by atoms with E-state index in [4.69, 9.17) is 9.15 Å². The third-order valence-corrected chi connectivity index (χ3v) is 6.92. The molecule has 5 nitrogen and oxygen atoms in total. The predicted octanol–water partition coefficient (Wildman–Crippen LogP) is 3.03. The molecule has 1 aliphatic carbocycles. The smallest absolute Gasteiger partial charge is 0.341 e. The zero-order chi connectivity index (χ0) is 18.4. The van der Waals surface area contributed by atoms with Crippen molar-refractivity contribution in [1.29, 1.82) is 0 Å². The first-order valence-electron chi connectivity index (χ1n) is 10.3. The van der Waals surface area contributed by atoms with Crippen molar-refractivity contribution in [2.24, 2.45) is 5.92 Å². The van der Waals surface area contributed by atoms with Gasteiger partial charge in [0.25, 0.3) is 0 Å². The Bertz CT molecular complexity index is 898. The van der Waals surface area contributed by atoms with Gasteiger partial charge in [0.05, 0.1) is 12.7 Å². The van der Waals surface area contributed by atoms with Gasteiger partial charge in [-0.15, -0.1) is 0 Å². The molecule has 5 heteroatoms. The molecular weight excluding hydrogens is 340 g/mol. The van der Waals surface area contributed by atoms with Crippen LogP contribution in [0.25, 0.3) is 11.0 Å². The van der Waals surface area contributed by atoms with E-state index in [1.54, 1.807) is 7.11 Å². The Morgan fingerprint density at radius 3 is 2.74 bits per heavy atom. The minimum atomic E-state index is -0.188. The summed E-state index contributed by atoms with van der Waals surface area (Å²) in [6.07, 6.45) is 6.53. The number of methoxy groups -OCH3 is 1. The first-order valence-corrected chi connectivity index (χ1v) is 10.3. The average molecular weight is 368 g/mol. The normalized spacial score (nSPS) is 25.7. The monoisotopic (exact) mass is 368 g/mol. The van der Waals surface area contributed by atoms with Gasteiger partial charge in [0.2, 0.25) is 0 Å². The van der Waals surface area contributed by atoms with Crippen molar-refractivity contribution in [1.82, 2.24) is 9.80 Å². The molecule has 1 saturated carbocycles. The second-order valence-corrected chi connectivity index (χ2v) is 8.40. The van der Waals surface area contributed by atoms with E-state index in [-0.39, 0.29) is 5.63 Å². The van der Waals surface area contributed by atoms with E-state index in [2.05, 4.69) is 9.80 Å². The summed E-state index contributed by atoms with van der Waals surface area (Å²) >= 11 is 0. The average Bonchev–Trinajstić information content (AvgIpc) is 2.73. The van der Waals surface area contributed by atoms with Crippen LogP contribution in [0.5, 0.6) is 5.75 Å². The van der Waals surface area contributed by atoms with Gasteiger partial charge in [-0.2, -0.15) is 0 Å². The summed E-state index contributed by atoms with van der Waals surface area (Å²) in [4.78, 5) is 17.7. The maximum Gasteiger partial charge on any atom is 0.341 e. The second kappa shape index (κ2) is 6.95. The highest BCUT2D eigenvalue weighted by Gasteiger charge is 2.33. The molecule has 144 valence electrons. The van der Waals surface area contributed by atoms with Gasteiger partial charge >= 0.3 is 5.63 Å². The van der Waals surface area contributed by atoms with Gasteiger partial charge in [-0.3, -0.25) is 9.80 Å². The summed E-state index contributed by atoms with van der Waals surface area (Å²) < 4.78 is 10.9. The quantitative estimate of drug-likeness (QED) is 0.777. The van der Waals surface area contributed by atoms with Crippen LogP contribution < -0.4 is 10.4 Å². The molecular formula is C22H28N2O3. The Kier molecular flexibility index (Phi) is 4.44. The maximum absolute atomic E-state index is 12.6. The molecule has 4 aliphatic rings. The van der Waals surface area contributed by atoms with Crippen LogP contribution >= 0.6 is 0 Å². The van der Waals surface area contributed by atoms with Crippen molar-refractivity contribution in [3.63, 3.8) is 0 Å². The lowest BCUT2D eigenvalue weighted by molar-refractivity contribution is 0.0394. The molecule has 2 aromatic rings. The lowest BCUT2D eigenvalue weighted by Gasteiger charge is -2.46. The van der Waals surface area contributed by atoms with E-state index >= 15 is 0 Å². The molecule has 2 bridgehead atoms. The minimum Gasteiger partial charge on any atom is -0.497 e. The third-order valence-electron chi connectivity index (χ3n) is 6.92. The van der Waals surface area contributed by atoms with Crippen LogP contribution in [-0.4, -0.2) is 49.1 Å². The van der Waals surface area contributed by atoms with Crippen molar-refractivity contribution in [3.8, 4) is 5.75 Å². The highest BCUT2D eigenvalue weighted by molar-refractivity contribution is 5.82. The molecule has 27 heavy (non-hydrogen) atoms. The molecule has 0 amide bonds. The highest BCUT2D eigenvalue weighted by Crippen LogP contribution is 2.34. The number of piperidine rings is 2. The van der Waals surface area contributed by atoms with Gasteiger partial charge in [-0.1, -0.05) is 0 Å². The van der Waals surface area contributed by atoms with E-state index in [9.17, 15) is 4.79 Å². The van der Waals surface area contributed by atoms with Crippen LogP contribution in [0.4, 0.5) is 0 Å². The summed E-state index contributed by atoms with van der Waals surface area (Å²) in [5.74, 6) is 1.64. The summed E-state index contributed by atoms with van der Waals surface area (Å²) in [6.45, 7) is 5.18. The van der Waals surface area contributed by atoms with Crippen LogP contribution in [0.2, 0.25) is 0 Å². The predicted molar refractivity (Wildman–Crippen MR) is 105 cm³/mol. The number of ether oxygens (including phenoxy) is 1. The molecule has 2 saturated heterocycles. The fraction of sp³-hybridized carbons (Fsp3) is 0.591. The fourth-order valence-electron chi connectivity index (χ4n) is 5.34. The largest absolute Gasteiger partial charge is 0.497 e. The molecule has 0 atom stereocenters. The van der Waals surface area contributed by atoms with Crippen molar-refractivity contribution < 1.29 is 9.15 Å². The number of nitrogens with zero attached hydrogens (tertiary/aromatic N) is 2. The molecule has 0 N–H and O–H groups in total. The highest BCUT2D eigenvalue weighted by atomic mass is 16.5. The molecule has 0 radical (unpaired) electrons. The number of hydrogen-bond donors (Lipinski definition) is 0. The van der Waals surface area contributed by atoms with Crippen LogP contribution in [0.3, 0.4) is 0 Å². The Labute approximate surface area is 159 Å². The molecule has 1 aromatic carbocycles. The first-order chi connectivity index (χ1) is 13.2. The SMILES string of the molecule is COc1ccc2c3c(c(=O)oc2c1)CN(CCN1CC2CCC1CC2)CC3. The second-order valence-electron chi connectivity index (χ2n) is 8.40. The van der Waals surface area contributed by atoms with Gasteiger partial charge in [-0.25, -0.2) is 4.79 Å². The standard InChI is InChI=1S/C22H28N2O3/c1-26-17-6-7-19-18-8-9-23(14-20(18)22(25)27-21(19)12-17)10-11-24-13-15-2-4-16(24)5-3-15/h6-7,12,15-16H,2-5,8-11,13-14H2,1H3. The van der Waals surface area contributed by atoms with Crippen LogP contribution in [0.15, 0.2) is 27.4 Å². The van der Waals surface area contributed by atoms with Crippen LogP contribution in [0.1, 0.15) is 36.8 Å². The lowest BCUT2D eigenvalue weighted by atomic mass is 9.80. The van der Waals surface area contributed by atoms with E-state index in [0.717, 1.165) is 60.3 Å². The third kappa shape index (κ3) is 3.17. The minimum absolute atomic E-state index is 0.188. The summed E-state index contributed by atoms with van der Waals surface area (Å²) in [5, 5.41) is 1.05. The first kappa shape index (κ1) is 17.3. The van der Waals surface area contributed by atoms with Gasteiger partial charge in [0, 0.05) is 50.2 Å². The summed E-state index contributed by atoms with van der Waals surface area (Å²) in [5.41, 5.74) is 2.46. The molecule has 3 fully saturated rings. The number of benzene rings is 1. The van der Waals surface area contributed by atoms with Crippen molar-refractivity contribution >= 4 is 11.0 Å². The number of fused-ring (bicyclic) bond motifs is 6. The van der Waals surface area contributed by atoms with Gasteiger partial charge in [-0.05, 0) is 55.7 Å². The van der Waals surface area contributed by atoms with Crippen molar-refractivity contribution in [2.45, 2.75) is 44.7 Å². The Morgan fingerprint density at radius 1 is 1.15 bits per heavy atom. The van der Waals surface area contributed by atoms with Crippen LogP contribution in [0, 0.1) is 5.92 Å². The fourth-order valence-corrected chi connectivity index (χ4v) is 5.34. The number of rotatable bonds is 4. The molecule has 0 unspecified atom stereocenters. The van der Waals surface area contributed by atoms with E-state index in [1.807, 2.05) is 18.2 Å². The zero-order valence-electron chi connectivity index (χ0n) is 16.1. The molecule has 0 spiro atoms. The van der Waals surface area contributed by atoms with E-state index in [0.29, 0.717) is 12.1 Å². The van der Waals surface area contributed by atoms with Gasteiger partial charge in [0.1, 0.15) is 11.3 Å². The van der Waals surface area contributed by atoms with Gasteiger partial charge in [0.15, 0.2) is 0 Å². The Morgan fingerprint density at radius 2 is 2.00 bits per heavy atom. The van der Waals surface area contributed by atoms with Crippen molar-refractivity contribution in [3.05, 3.63) is 39.7 Å². The molecule has 3 aliphatic heterocycles. The Hall–Kier alpha value is -1.85. The van der Waals surface area contributed by atoms with E-state index < -0.39 is 0 Å². The topological polar surface area (TPSA) is 45.9 Å². The Balaban J connectivity index is 1.32. The van der Waals surface area contributed by atoms with E-state index in [1.165, 1.54) is 32.2 Å². The lowest BCUT2D eigenvalue weighted by Crippen LogP contribution is -2.50. The van der Waals surface area contributed by atoms with Crippen LogP contribution in [-0.2, 0) is 13.0 Å². The number of hydrogen-bond acceptors (Lipinski definition) is 5.